The second-order valence-corrected chi connectivity index (χ2v) is 12.6. The number of hydrogen-bond donors (Lipinski definition) is 0. The number of halogens is 4. The molecule has 42 heavy (non-hydrogen) atoms. The first kappa shape index (κ1) is 30.7. The number of piperidine rings is 2. The Labute approximate surface area is 266 Å². The monoisotopic (exact) mass is 645 g/mol. The Balaban J connectivity index is 1.41. The van der Waals surface area contributed by atoms with E-state index < -0.39 is 6.04 Å². The number of nitrogens with zero attached hydrogens (tertiary/aromatic N) is 3. The Hall–Kier alpha value is -2.77. The maximum atomic E-state index is 14.1. The van der Waals surface area contributed by atoms with Crippen LogP contribution in [0.5, 0.6) is 0 Å². The van der Waals surface area contributed by atoms with Gasteiger partial charge in [-0.2, -0.15) is 0 Å². The Morgan fingerprint density at radius 2 is 1.55 bits per heavy atom. The van der Waals surface area contributed by atoms with E-state index in [4.69, 9.17) is 46.4 Å². The smallest absolute Gasteiger partial charge is 0.254 e. The Bertz CT molecular complexity index is 1480. The minimum Gasteiger partial charge on any atom is -0.340 e. The topological polar surface area (TPSA) is 60.9 Å². The zero-order valence-corrected chi connectivity index (χ0v) is 26.1. The van der Waals surface area contributed by atoms with Crippen LogP contribution in [-0.2, 0) is 4.79 Å². The second kappa shape index (κ2) is 13.3. The zero-order valence-electron chi connectivity index (χ0n) is 23.1. The second-order valence-electron chi connectivity index (χ2n) is 10.9. The minimum absolute atomic E-state index is 0.0831. The van der Waals surface area contributed by atoms with Crippen LogP contribution in [0.4, 0.5) is 0 Å². The van der Waals surface area contributed by atoms with Gasteiger partial charge in [0.25, 0.3) is 11.8 Å². The molecular weight excluding hydrogens is 616 g/mol. The van der Waals surface area contributed by atoms with Crippen molar-refractivity contribution in [3.05, 3.63) is 104 Å². The molecule has 2 saturated heterocycles. The molecule has 10 heteroatoms. The van der Waals surface area contributed by atoms with Crippen LogP contribution in [0, 0.1) is 0 Å². The molecule has 2 aliphatic heterocycles. The fourth-order valence-electron chi connectivity index (χ4n) is 6.05. The van der Waals surface area contributed by atoms with E-state index in [0.29, 0.717) is 63.7 Å². The third-order valence-corrected chi connectivity index (χ3v) is 9.52. The van der Waals surface area contributed by atoms with Crippen molar-refractivity contribution in [3.8, 4) is 0 Å². The van der Waals surface area contributed by atoms with Crippen molar-refractivity contribution >= 4 is 64.1 Å². The van der Waals surface area contributed by atoms with Gasteiger partial charge in [0.15, 0.2) is 0 Å². The molecule has 220 valence electrons. The first-order chi connectivity index (χ1) is 20.1. The number of likely N-dealkylation sites (N-methyl/N-ethyl adjacent to an activating group) is 1. The van der Waals surface area contributed by atoms with E-state index in [1.54, 1.807) is 71.4 Å². The SMILES string of the molecule is CN(C(=O)c1ccc(Cl)cc1)[C@@H]1CCN(C(=O)[C@H]2CCCCN2C(=O)c2cccc(Cl)c2)C[C@H]1c1ccc(Cl)c(Cl)c1. The third kappa shape index (κ3) is 6.57. The fourth-order valence-corrected chi connectivity index (χ4v) is 6.67. The van der Waals surface area contributed by atoms with E-state index in [1.807, 2.05) is 17.0 Å². The summed E-state index contributed by atoms with van der Waals surface area (Å²) in [6, 6.07) is 18.3. The lowest BCUT2D eigenvalue weighted by atomic mass is 9.84. The summed E-state index contributed by atoms with van der Waals surface area (Å²) in [5.41, 5.74) is 1.89. The van der Waals surface area contributed by atoms with Crippen LogP contribution in [0.2, 0.25) is 20.1 Å². The molecule has 3 amide bonds. The van der Waals surface area contributed by atoms with Crippen LogP contribution in [0.3, 0.4) is 0 Å². The van der Waals surface area contributed by atoms with E-state index in [1.165, 1.54) is 0 Å². The molecule has 2 aliphatic rings. The fraction of sp³-hybridized carbons (Fsp3) is 0.344. The quantitative estimate of drug-likeness (QED) is 0.289. The molecule has 0 spiro atoms. The lowest BCUT2D eigenvalue weighted by Gasteiger charge is -2.45. The summed E-state index contributed by atoms with van der Waals surface area (Å²) in [5, 5.41) is 1.88. The predicted molar refractivity (Wildman–Crippen MR) is 168 cm³/mol. The molecule has 0 unspecified atom stereocenters. The highest BCUT2D eigenvalue weighted by Crippen LogP contribution is 2.35. The Morgan fingerprint density at radius 1 is 0.786 bits per heavy atom. The standard InChI is InChI=1S/C32H31Cl4N3O3/c1-37(30(40)20-8-11-23(33)12-9-20)28-14-16-38(19-25(28)21-10-13-26(35)27(36)18-21)32(42)29-7-2-3-15-39(29)31(41)22-5-4-6-24(34)17-22/h4-6,8-13,17-18,25,28-29H,2-3,7,14-16,19H2,1H3/t25-,28+,29+/m0/s1. The van der Waals surface area contributed by atoms with Gasteiger partial charge in [-0.05, 0) is 85.8 Å². The largest absolute Gasteiger partial charge is 0.340 e. The summed E-state index contributed by atoms with van der Waals surface area (Å²) in [4.78, 5) is 46.3. The average molecular weight is 647 g/mol. The lowest BCUT2D eigenvalue weighted by molar-refractivity contribution is -0.139. The molecule has 0 aromatic heterocycles. The molecule has 2 fully saturated rings. The predicted octanol–water partition coefficient (Wildman–Crippen LogP) is 7.45. The number of rotatable bonds is 5. The van der Waals surface area contributed by atoms with Crippen LogP contribution < -0.4 is 0 Å². The molecular formula is C32H31Cl4N3O3. The van der Waals surface area contributed by atoms with Crippen LogP contribution in [0.25, 0.3) is 0 Å². The maximum absolute atomic E-state index is 14.1. The Kier molecular flexibility index (Phi) is 9.68. The highest BCUT2D eigenvalue weighted by molar-refractivity contribution is 6.42. The molecule has 0 radical (unpaired) electrons. The van der Waals surface area contributed by atoms with Gasteiger partial charge in [0.2, 0.25) is 5.91 Å². The van der Waals surface area contributed by atoms with Gasteiger partial charge in [0.1, 0.15) is 6.04 Å². The number of carbonyl (C=O) groups excluding carboxylic acids is 3. The first-order valence-corrected chi connectivity index (χ1v) is 15.5. The van der Waals surface area contributed by atoms with E-state index in [0.717, 1.165) is 18.4 Å². The first-order valence-electron chi connectivity index (χ1n) is 14.0. The van der Waals surface area contributed by atoms with Crippen molar-refractivity contribution in [2.75, 3.05) is 26.7 Å². The van der Waals surface area contributed by atoms with Crippen LogP contribution in [0.1, 0.15) is 57.9 Å². The van der Waals surface area contributed by atoms with Crippen LogP contribution >= 0.6 is 46.4 Å². The van der Waals surface area contributed by atoms with Gasteiger partial charge in [-0.1, -0.05) is 58.5 Å². The molecule has 6 nitrogen and oxygen atoms in total. The number of benzene rings is 3. The van der Waals surface area contributed by atoms with Crippen molar-refractivity contribution in [1.29, 1.82) is 0 Å². The summed E-state index contributed by atoms with van der Waals surface area (Å²) >= 11 is 24.8. The highest BCUT2D eigenvalue weighted by atomic mass is 35.5. The van der Waals surface area contributed by atoms with Gasteiger partial charge in [0, 0.05) is 59.8 Å². The van der Waals surface area contributed by atoms with E-state index in [2.05, 4.69) is 0 Å². The van der Waals surface area contributed by atoms with Crippen LogP contribution in [-0.4, -0.2) is 71.2 Å². The van der Waals surface area contributed by atoms with Crippen molar-refractivity contribution in [1.82, 2.24) is 14.7 Å². The normalized spacial score (nSPS) is 20.7. The molecule has 3 aromatic carbocycles. The molecule has 0 bridgehead atoms. The highest BCUT2D eigenvalue weighted by Gasteiger charge is 2.41. The zero-order chi connectivity index (χ0) is 30.0. The minimum atomic E-state index is -0.565. The van der Waals surface area contributed by atoms with Crippen molar-refractivity contribution < 1.29 is 14.4 Å². The number of hydrogen-bond acceptors (Lipinski definition) is 3. The summed E-state index contributed by atoms with van der Waals surface area (Å²) in [7, 11) is 1.79. The Morgan fingerprint density at radius 3 is 2.26 bits per heavy atom. The van der Waals surface area contributed by atoms with E-state index >= 15 is 0 Å². The third-order valence-electron chi connectivity index (χ3n) is 8.29. The van der Waals surface area contributed by atoms with Gasteiger partial charge >= 0.3 is 0 Å². The summed E-state index contributed by atoms with van der Waals surface area (Å²) < 4.78 is 0. The molecule has 0 aliphatic carbocycles. The molecule has 0 N–H and O–H groups in total. The number of carbonyl (C=O) groups is 3. The number of likely N-dealkylation sites (tertiary alicyclic amines) is 2. The molecule has 3 atom stereocenters. The molecule has 5 rings (SSSR count). The number of amides is 3. The van der Waals surface area contributed by atoms with Crippen molar-refractivity contribution in [3.63, 3.8) is 0 Å². The summed E-state index contributed by atoms with van der Waals surface area (Å²) in [6.45, 7) is 1.33. The van der Waals surface area contributed by atoms with Gasteiger partial charge in [0.05, 0.1) is 10.0 Å². The van der Waals surface area contributed by atoms with E-state index in [-0.39, 0.29) is 29.7 Å². The lowest BCUT2D eigenvalue weighted by Crippen LogP contribution is -2.57. The van der Waals surface area contributed by atoms with Gasteiger partial charge in [-0.15, -0.1) is 0 Å². The van der Waals surface area contributed by atoms with Gasteiger partial charge in [-0.25, -0.2) is 0 Å². The maximum Gasteiger partial charge on any atom is 0.254 e. The van der Waals surface area contributed by atoms with Crippen LogP contribution in [0.15, 0.2) is 66.7 Å². The van der Waals surface area contributed by atoms with Crippen molar-refractivity contribution in [2.24, 2.45) is 0 Å². The summed E-state index contributed by atoms with van der Waals surface area (Å²) in [5.74, 6) is -0.633. The van der Waals surface area contributed by atoms with E-state index in [9.17, 15) is 14.4 Å². The summed E-state index contributed by atoms with van der Waals surface area (Å²) in [6.07, 6.45) is 2.85. The molecule has 0 saturated carbocycles. The van der Waals surface area contributed by atoms with Gasteiger partial charge in [-0.3, -0.25) is 14.4 Å². The van der Waals surface area contributed by atoms with Crippen molar-refractivity contribution in [2.45, 2.75) is 43.7 Å². The van der Waals surface area contributed by atoms with Gasteiger partial charge < -0.3 is 14.7 Å². The molecule has 3 aromatic rings. The molecule has 2 heterocycles. The average Bonchev–Trinajstić information content (AvgIpc) is 3.01.